The molecule has 1 aliphatic rings. The van der Waals surface area contributed by atoms with Crippen LogP contribution in [0.2, 0.25) is 10.0 Å². The molecule has 4 rings (SSSR count). The number of ether oxygens (including phenoxy) is 2. The van der Waals surface area contributed by atoms with Crippen molar-refractivity contribution in [2.75, 3.05) is 20.3 Å². The van der Waals surface area contributed by atoms with Gasteiger partial charge >= 0.3 is 5.97 Å². The Morgan fingerprint density at radius 3 is 2.54 bits per heavy atom. The molecule has 10 heteroatoms. The first-order chi connectivity index (χ1) is 17.8. The van der Waals surface area contributed by atoms with Crippen LogP contribution in [0, 0.1) is 12.8 Å². The van der Waals surface area contributed by atoms with Gasteiger partial charge in [-0.3, -0.25) is 4.79 Å². The molecule has 0 spiro atoms. The number of amides is 1. The number of hydrogen-bond acceptors (Lipinski definition) is 5. The maximum atomic E-state index is 13.5. The topological polar surface area (TPSA) is 103 Å². The smallest absolute Gasteiger partial charge is 0.329 e. The molecule has 0 bridgehead atoms. The van der Waals surface area contributed by atoms with Crippen molar-refractivity contribution in [3.05, 3.63) is 63.8 Å². The second-order valence-electron chi connectivity index (χ2n) is 9.09. The first-order valence-electron chi connectivity index (χ1n) is 12.1. The van der Waals surface area contributed by atoms with E-state index in [1.807, 2.05) is 31.2 Å². The predicted octanol–water partition coefficient (Wildman–Crippen LogP) is 5.55. The Bertz CT molecular complexity index is 1280. The first-order valence-corrected chi connectivity index (χ1v) is 12.8. The van der Waals surface area contributed by atoms with E-state index in [0.29, 0.717) is 27.0 Å². The van der Waals surface area contributed by atoms with E-state index < -0.39 is 5.97 Å². The second-order valence-corrected chi connectivity index (χ2v) is 9.94. The normalized spacial score (nSPS) is 17.4. The molecule has 8 nitrogen and oxygen atoms in total. The van der Waals surface area contributed by atoms with Crippen molar-refractivity contribution in [3.8, 4) is 22.7 Å². The molecular weight excluding hydrogens is 517 g/mol. The quantitative estimate of drug-likeness (QED) is 0.365. The Morgan fingerprint density at radius 2 is 1.86 bits per heavy atom. The van der Waals surface area contributed by atoms with Gasteiger partial charge in [-0.25, -0.2) is 9.48 Å². The molecule has 1 fully saturated rings. The highest BCUT2D eigenvalue weighted by Crippen LogP contribution is 2.34. The summed E-state index contributed by atoms with van der Waals surface area (Å²) in [4.78, 5) is 24.4. The molecule has 37 heavy (non-hydrogen) atoms. The third-order valence-corrected chi connectivity index (χ3v) is 7.16. The Balaban J connectivity index is 1.68. The molecule has 1 saturated carbocycles. The molecule has 1 aromatic heterocycles. The van der Waals surface area contributed by atoms with Crippen molar-refractivity contribution in [1.82, 2.24) is 15.1 Å². The van der Waals surface area contributed by atoms with Crippen molar-refractivity contribution in [1.29, 1.82) is 0 Å². The standard InChI is InChI=1S/C27H29Cl2N3O5/c1-16-25(27(35)30-22-6-4-3-5-18(22)14-37-15-24(33)34)31-32(23-12-9-19(28)13-21(23)29)26(16)17-7-10-20(36-2)11-8-17/h7-13,18,22H,3-6,14-15H2,1-2H3,(H,30,35)(H,33,34). The van der Waals surface area contributed by atoms with E-state index in [4.69, 9.17) is 42.9 Å². The molecule has 2 aromatic carbocycles. The zero-order valence-corrected chi connectivity index (χ0v) is 22.2. The van der Waals surface area contributed by atoms with Gasteiger partial charge in [0.15, 0.2) is 5.69 Å². The largest absolute Gasteiger partial charge is 0.497 e. The van der Waals surface area contributed by atoms with Gasteiger partial charge in [-0.2, -0.15) is 5.10 Å². The molecule has 2 atom stereocenters. The lowest BCUT2D eigenvalue weighted by molar-refractivity contribution is -0.142. The Hall–Kier alpha value is -3.07. The zero-order chi connectivity index (χ0) is 26.5. The molecule has 196 valence electrons. The van der Waals surface area contributed by atoms with E-state index >= 15 is 0 Å². The maximum Gasteiger partial charge on any atom is 0.329 e. The van der Waals surface area contributed by atoms with Crippen LogP contribution in [-0.4, -0.2) is 53.1 Å². The van der Waals surface area contributed by atoms with Crippen LogP contribution in [-0.2, 0) is 9.53 Å². The molecule has 2 N–H and O–H groups in total. The van der Waals surface area contributed by atoms with Crippen LogP contribution in [0.5, 0.6) is 5.75 Å². The number of aromatic nitrogens is 2. The van der Waals surface area contributed by atoms with Crippen molar-refractivity contribution in [2.45, 2.75) is 38.6 Å². The van der Waals surface area contributed by atoms with Gasteiger partial charge in [-0.05, 0) is 62.2 Å². The fourth-order valence-corrected chi connectivity index (χ4v) is 5.25. The summed E-state index contributed by atoms with van der Waals surface area (Å²) in [6.45, 7) is 1.78. The van der Waals surface area contributed by atoms with E-state index in [1.54, 1.807) is 30.0 Å². The van der Waals surface area contributed by atoms with Crippen LogP contribution in [0.3, 0.4) is 0 Å². The number of carbonyl (C=O) groups excluding carboxylic acids is 1. The molecule has 1 heterocycles. The molecule has 3 aromatic rings. The lowest BCUT2D eigenvalue weighted by Crippen LogP contribution is -2.44. The number of methoxy groups -OCH3 is 1. The SMILES string of the molecule is COc1ccc(-c2c(C)c(C(=O)NC3CCCCC3COCC(=O)O)nn2-c2ccc(Cl)cc2Cl)cc1. The highest BCUT2D eigenvalue weighted by atomic mass is 35.5. The third-order valence-electron chi connectivity index (χ3n) is 6.62. The number of benzene rings is 2. The van der Waals surface area contributed by atoms with Crippen molar-refractivity contribution >= 4 is 35.1 Å². The summed E-state index contributed by atoms with van der Waals surface area (Å²) in [6.07, 6.45) is 3.64. The number of carboxylic acids is 1. The third kappa shape index (κ3) is 6.26. The van der Waals surface area contributed by atoms with E-state index in [9.17, 15) is 9.59 Å². The summed E-state index contributed by atoms with van der Waals surface area (Å²) < 4.78 is 12.3. The summed E-state index contributed by atoms with van der Waals surface area (Å²) >= 11 is 12.7. The van der Waals surface area contributed by atoms with Gasteiger partial charge in [-0.1, -0.05) is 36.0 Å². The molecule has 1 amide bonds. The predicted molar refractivity (Wildman–Crippen MR) is 142 cm³/mol. The Morgan fingerprint density at radius 1 is 1.14 bits per heavy atom. The number of carboxylic acid groups (broad SMARTS) is 1. The van der Waals surface area contributed by atoms with Crippen molar-refractivity contribution in [3.63, 3.8) is 0 Å². The summed E-state index contributed by atoms with van der Waals surface area (Å²) in [6, 6.07) is 12.5. The molecule has 0 radical (unpaired) electrons. The van der Waals surface area contributed by atoms with Crippen LogP contribution >= 0.6 is 23.2 Å². The summed E-state index contributed by atoms with van der Waals surface area (Å²) in [5.41, 5.74) is 3.14. The highest BCUT2D eigenvalue weighted by molar-refractivity contribution is 6.35. The van der Waals surface area contributed by atoms with Gasteiger partial charge < -0.3 is 19.9 Å². The fraction of sp³-hybridized carbons (Fsp3) is 0.370. The number of aliphatic carboxylic acids is 1. The molecule has 1 aliphatic carbocycles. The van der Waals surface area contributed by atoms with Gasteiger partial charge in [0, 0.05) is 28.1 Å². The minimum absolute atomic E-state index is 0.0335. The van der Waals surface area contributed by atoms with Gasteiger partial charge in [-0.15, -0.1) is 0 Å². The minimum Gasteiger partial charge on any atom is -0.497 e. The van der Waals surface area contributed by atoms with E-state index in [2.05, 4.69) is 5.32 Å². The fourth-order valence-electron chi connectivity index (χ4n) is 4.76. The average Bonchev–Trinajstić information content (AvgIpc) is 3.21. The molecule has 0 aliphatic heterocycles. The number of rotatable bonds is 9. The highest BCUT2D eigenvalue weighted by Gasteiger charge is 2.30. The zero-order valence-electron chi connectivity index (χ0n) is 20.7. The maximum absolute atomic E-state index is 13.5. The van der Waals surface area contributed by atoms with Crippen molar-refractivity contribution in [2.24, 2.45) is 5.92 Å². The van der Waals surface area contributed by atoms with Crippen LogP contribution in [0.25, 0.3) is 16.9 Å². The van der Waals surface area contributed by atoms with Crippen molar-refractivity contribution < 1.29 is 24.2 Å². The minimum atomic E-state index is -1.01. The van der Waals surface area contributed by atoms with Crippen LogP contribution in [0.1, 0.15) is 41.7 Å². The van der Waals surface area contributed by atoms with E-state index in [-0.39, 0.29) is 36.8 Å². The second kappa shape index (κ2) is 12.0. The average molecular weight is 546 g/mol. The lowest BCUT2D eigenvalue weighted by atomic mass is 9.85. The number of carbonyl (C=O) groups is 2. The van der Waals surface area contributed by atoms with Gasteiger partial charge in [0.25, 0.3) is 5.91 Å². The summed E-state index contributed by atoms with van der Waals surface area (Å²) in [5.74, 6) is -0.564. The first kappa shape index (κ1) is 27.0. The summed E-state index contributed by atoms with van der Waals surface area (Å²) in [5, 5.41) is 17.6. The van der Waals surface area contributed by atoms with Gasteiger partial charge in [0.1, 0.15) is 12.4 Å². The van der Waals surface area contributed by atoms with Gasteiger partial charge in [0.2, 0.25) is 0 Å². The Labute approximate surface area is 225 Å². The van der Waals surface area contributed by atoms with Crippen LogP contribution in [0.4, 0.5) is 0 Å². The van der Waals surface area contributed by atoms with Crippen LogP contribution < -0.4 is 10.1 Å². The molecule has 2 unspecified atom stereocenters. The van der Waals surface area contributed by atoms with Gasteiger partial charge in [0.05, 0.1) is 30.1 Å². The molecular formula is C27H29Cl2N3O5. The number of halogens is 2. The van der Waals surface area contributed by atoms with Crippen LogP contribution in [0.15, 0.2) is 42.5 Å². The monoisotopic (exact) mass is 545 g/mol. The summed E-state index contributed by atoms with van der Waals surface area (Å²) in [7, 11) is 1.60. The van der Waals surface area contributed by atoms with E-state index in [0.717, 1.165) is 36.9 Å². The molecule has 0 saturated heterocycles. The lowest BCUT2D eigenvalue weighted by Gasteiger charge is -2.31. The van der Waals surface area contributed by atoms with E-state index in [1.165, 1.54) is 0 Å². The number of nitrogens with zero attached hydrogens (tertiary/aromatic N) is 2. The number of hydrogen-bond donors (Lipinski definition) is 2. The Kier molecular flexibility index (Phi) is 8.74. The number of nitrogens with one attached hydrogen (secondary N) is 1.